The fraction of sp³-hybridized carbons (Fsp3) is 0.200. The van der Waals surface area contributed by atoms with E-state index >= 15 is 0 Å². The molecule has 0 radical (unpaired) electrons. The van der Waals surface area contributed by atoms with E-state index in [1.165, 1.54) is 11.4 Å². The average Bonchev–Trinajstić information content (AvgIpc) is 2.56. The summed E-state index contributed by atoms with van der Waals surface area (Å²) in [6, 6.07) is 8.28. The van der Waals surface area contributed by atoms with E-state index in [2.05, 4.69) is 22.3 Å². The molecule has 13 heavy (non-hydrogen) atoms. The van der Waals surface area contributed by atoms with Gasteiger partial charge in [-0.05, 0) is 12.1 Å². The molecule has 1 N–H and O–H groups in total. The summed E-state index contributed by atoms with van der Waals surface area (Å²) in [5, 5.41) is 3.39. The summed E-state index contributed by atoms with van der Waals surface area (Å²) in [6.07, 6.45) is 3.97. The highest BCUT2D eigenvalue weighted by molar-refractivity contribution is 5.77. The molecule has 1 atom stereocenters. The monoisotopic (exact) mass is 174 g/mol. The number of benzene rings is 1. The van der Waals surface area contributed by atoms with Crippen LogP contribution in [0.3, 0.4) is 0 Å². The van der Waals surface area contributed by atoms with Crippen LogP contribution in [0.2, 0.25) is 0 Å². The molecule has 1 aromatic rings. The molecule has 1 unspecified atom stereocenters. The third kappa shape index (κ3) is 0.900. The lowest BCUT2D eigenvalue weighted by atomic mass is 10.3. The quantitative estimate of drug-likeness (QED) is 0.648. The van der Waals surface area contributed by atoms with E-state index in [1.807, 2.05) is 18.3 Å². The Labute approximate surface area is 76.6 Å². The molecule has 0 aliphatic carbocycles. The van der Waals surface area contributed by atoms with E-state index in [1.54, 1.807) is 6.26 Å². The first kappa shape index (κ1) is 6.83. The molecular weight excluding hydrogens is 164 g/mol. The Bertz CT molecular complexity index is 362. The third-order valence-corrected chi connectivity index (χ3v) is 2.41. The smallest absolute Gasteiger partial charge is 0.138 e. The predicted molar refractivity (Wildman–Crippen MR) is 51.4 cm³/mol. The molecule has 0 saturated heterocycles. The highest BCUT2D eigenvalue weighted by Gasteiger charge is 2.28. The second-order valence-corrected chi connectivity index (χ2v) is 3.20. The average molecular weight is 174 g/mol. The molecule has 2 heterocycles. The fourth-order valence-corrected chi connectivity index (χ4v) is 1.80. The number of hydrogen-bond donors (Lipinski definition) is 1. The summed E-state index contributed by atoms with van der Waals surface area (Å²) in [7, 11) is 0. The Balaban J connectivity index is 2.09. The predicted octanol–water partition coefficient (Wildman–Crippen LogP) is 1.75. The maximum Gasteiger partial charge on any atom is 0.138 e. The number of rotatable bonds is 0. The standard InChI is InChI=1S/C10H10N2O/c1-2-4-9-8(3-1)11-10-7-13-6-5-12(9)10/h1-6,10-11H,7H2. The summed E-state index contributed by atoms with van der Waals surface area (Å²) in [6.45, 7) is 0.700. The minimum Gasteiger partial charge on any atom is -0.496 e. The molecule has 0 saturated carbocycles. The van der Waals surface area contributed by atoms with Crippen LogP contribution in [0.5, 0.6) is 0 Å². The second kappa shape index (κ2) is 2.42. The van der Waals surface area contributed by atoms with E-state index in [0.717, 1.165) is 0 Å². The number of fused-ring (bicyclic) bond motifs is 3. The van der Waals surface area contributed by atoms with Gasteiger partial charge in [0.1, 0.15) is 12.8 Å². The Morgan fingerprint density at radius 3 is 3.31 bits per heavy atom. The van der Waals surface area contributed by atoms with Crippen molar-refractivity contribution < 1.29 is 4.74 Å². The van der Waals surface area contributed by atoms with Crippen molar-refractivity contribution in [3.8, 4) is 0 Å². The molecule has 0 fully saturated rings. The summed E-state index contributed by atoms with van der Waals surface area (Å²) in [5.74, 6) is 0. The lowest BCUT2D eigenvalue weighted by Crippen LogP contribution is -2.37. The van der Waals surface area contributed by atoms with Crippen LogP contribution in [0.15, 0.2) is 36.7 Å². The van der Waals surface area contributed by atoms with Crippen LogP contribution < -0.4 is 10.2 Å². The van der Waals surface area contributed by atoms with E-state index < -0.39 is 0 Å². The molecule has 3 nitrogen and oxygen atoms in total. The van der Waals surface area contributed by atoms with Crippen molar-refractivity contribution in [1.82, 2.24) is 0 Å². The largest absolute Gasteiger partial charge is 0.496 e. The number of hydrogen-bond acceptors (Lipinski definition) is 3. The highest BCUT2D eigenvalue weighted by Crippen LogP contribution is 2.35. The molecular formula is C10H10N2O. The number of anilines is 2. The Morgan fingerprint density at radius 1 is 1.38 bits per heavy atom. The molecule has 3 rings (SSSR count). The minimum absolute atomic E-state index is 0.266. The van der Waals surface area contributed by atoms with Crippen LogP contribution in [-0.4, -0.2) is 12.8 Å². The molecule has 3 heteroatoms. The van der Waals surface area contributed by atoms with Gasteiger partial charge in [0, 0.05) is 6.20 Å². The maximum atomic E-state index is 5.23. The summed E-state index contributed by atoms with van der Waals surface area (Å²) >= 11 is 0. The normalized spacial score (nSPS) is 23.1. The van der Waals surface area contributed by atoms with Crippen molar-refractivity contribution in [3.63, 3.8) is 0 Å². The van der Waals surface area contributed by atoms with Gasteiger partial charge < -0.3 is 15.0 Å². The van der Waals surface area contributed by atoms with Gasteiger partial charge in [-0.15, -0.1) is 0 Å². The van der Waals surface area contributed by atoms with Crippen LogP contribution in [0.1, 0.15) is 0 Å². The third-order valence-electron chi connectivity index (χ3n) is 2.41. The van der Waals surface area contributed by atoms with Gasteiger partial charge in [-0.2, -0.15) is 0 Å². The van der Waals surface area contributed by atoms with Gasteiger partial charge in [0.15, 0.2) is 0 Å². The first-order valence-corrected chi connectivity index (χ1v) is 4.37. The van der Waals surface area contributed by atoms with E-state index in [-0.39, 0.29) is 6.17 Å². The van der Waals surface area contributed by atoms with Gasteiger partial charge in [-0.25, -0.2) is 0 Å². The first-order valence-electron chi connectivity index (χ1n) is 4.37. The van der Waals surface area contributed by atoms with Gasteiger partial charge in [0.25, 0.3) is 0 Å². The van der Waals surface area contributed by atoms with Crippen molar-refractivity contribution in [2.24, 2.45) is 0 Å². The molecule has 0 aromatic heterocycles. The van der Waals surface area contributed by atoms with Crippen molar-refractivity contribution in [3.05, 3.63) is 36.7 Å². The second-order valence-electron chi connectivity index (χ2n) is 3.20. The van der Waals surface area contributed by atoms with Gasteiger partial charge in [0.05, 0.1) is 17.6 Å². The Hall–Kier alpha value is -1.64. The Kier molecular flexibility index (Phi) is 1.27. The minimum atomic E-state index is 0.266. The van der Waals surface area contributed by atoms with Gasteiger partial charge >= 0.3 is 0 Å². The zero-order valence-electron chi connectivity index (χ0n) is 7.10. The molecule has 0 amide bonds. The van der Waals surface area contributed by atoms with Crippen LogP contribution >= 0.6 is 0 Å². The van der Waals surface area contributed by atoms with Gasteiger partial charge in [0.2, 0.25) is 0 Å². The summed E-state index contributed by atoms with van der Waals surface area (Å²) in [5.41, 5.74) is 2.41. The first-order chi connectivity index (χ1) is 6.45. The Morgan fingerprint density at radius 2 is 2.31 bits per heavy atom. The van der Waals surface area contributed by atoms with E-state index in [9.17, 15) is 0 Å². The molecule has 66 valence electrons. The van der Waals surface area contributed by atoms with Crippen molar-refractivity contribution in [2.75, 3.05) is 16.8 Å². The summed E-state index contributed by atoms with van der Waals surface area (Å²) in [4.78, 5) is 2.19. The van der Waals surface area contributed by atoms with Crippen molar-refractivity contribution >= 4 is 11.4 Å². The van der Waals surface area contributed by atoms with Crippen molar-refractivity contribution in [2.45, 2.75) is 6.17 Å². The van der Waals surface area contributed by atoms with Crippen LogP contribution in [0.4, 0.5) is 11.4 Å². The maximum absolute atomic E-state index is 5.23. The lowest BCUT2D eigenvalue weighted by Gasteiger charge is -2.25. The topological polar surface area (TPSA) is 24.5 Å². The number of nitrogens with zero attached hydrogens (tertiary/aromatic N) is 1. The van der Waals surface area contributed by atoms with Crippen molar-refractivity contribution in [1.29, 1.82) is 0 Å². The van der Waals surface area contributed by atoms with E-state index in [0.29, 0.717) is 6.61 Å². The van der Waals surface area contributed by atoms with Gasteiger partial charge in [-0.3, -0.25) is 0 Å². The van der Waals surface area contributed by atoms with E-state index in [4.69, 9.17) is 4.74 Å². The number of nitrogens with one attached hydrogen (secondary N) is 1. The molecule has 2 aliphatic rings. The molecule has 0 bridgehead atoms. The molecule has 2 aliphatic heterocycles. The van der Waals surface area contributed by atoms with Crippen LogP contribution in [-0.2, 0) is 4.74 Å². The zero-order valence-corrected chi connectivity index (χ0v) is 7.10. The summed E-state index contributed by atoms with van der Waals surface area (Å²) < 4.78 is 5.23. The van der Waals surface area contributed by atoms with Gasteiger partial charge in [-0.1, -0.05) is 12.1 Å². The zero-order chi connectivity index (χ0) is 8.67. The van der Waals surface area contributed by atoms with Crippen LogP contribution in [0.25, 0.3) is 0 Å². The highest BCUT2D eigenvalue weighted by atomic mass is 16.5. The number of para-hydroxylation sites is 2. The fourth-order valence-electron chi connectivity index (χ4n) is 1.80. The molecule has 0 spiro atoms. The number of ether oxygens (including phenoxy) is 1. The SMILES string of the molecule is C1=CN2c3ccccc3NC2CO1. The lowest BCUT2D eigenvalue weighted by molar-refractivity contribution is 0.221. The molecule has 1 aromatic carbocycles. The van der Waals surface area contributed by atoms with Crippen LogP contribution in [0, 0.1) is 0 Å².